The molecule has 0 amide bonds. The number of rotatable bonds is 4. The molecule has 4 aromatic heterocycles. The summed E-state index contributed by atoms with van der Waals surface area (Å²) in [6, 6.07) is 70.1. The van der Waals surface area contributed by atoms with Gasteiger partial charge in [0.1, 0.15) is 0 Å². The Hall–Kier alpha value is -7.60. The Morgan fingerprint density at radius 1 is 0.390 bits per heavy atom. The fraction of sp³-hybridized carbons (Fsp3) is 0. The fourth-order valence-electron chi connectivity index (χ4n) is 9.48. The van der Waals surface area contributed by atoms with E-state index in [0.29, 0.717) is 0 Å². The molecule has 0 radical (unpaired) electrons. The highest BCUT2D eigenvalue weighted by Crippen LogP contribution is 2.45. The molecule has 59 heavy (non-hydrogen) atoms. The van der Waals surface area contributed by atoms with Crippen LogP contribution in [0.15, 0.2) is 194 Å². The summed E-state index contributed by atoms with van der Waals surface area (Å²) in [5, 5.41) is 10.8. The van der Waals surface area contributed by atoms with E-state index in [0.717, 1.165) is 66.0 Å². The number of hydrogen-bond acceptors (Lipinski definition) is 3. The van der Waals surface area contributed by atoms with Gasteiger partial charge in [0.2, 0.25) is 0 Å². The summed E-state index contributed by atoms with van der Waals surface area (Å²) in [5.74, 6) is 0.723. The number of para-hydroxylation sites is 2. The van der Waals surface area contributed by atoms with E-state index in [2.05, 4.69) is 203 Å². The molecule has 0 bridgehead atoms. The summed E-state index contributed by atoms with van der Waals surface area (Å²) >= 11 is 1.77. The number of benzene rings is 9. The smallest absolute Gasteiger partial charge is 0.161 e. The lowest BCUT2D eigenvalue weighted by molar-refractivity contribution is 1.16. The van der Waals surface area contributed by atoms with Crippen LogP contribution in [-0.2, 0) is 0 Å². The van der Waals surface area contributed by atoms with Crippen LogP contribution in [0.1, 0.15) is 0 Å². The molecule has 0 fully saturated rings. The van der Waals surface area contributed by atoms with Crippen LogP contribution in [0.5, 0.6) is 0 Å². The fourth-order valence-corrected chi connectivity index (χ4v) is 10.6. The van der Waals surface area contributed by atoms with Crippen molar-refractivity contribution in [1.29, 1.82) is 0 Å². The van der Waals surface area contributed by atoms with Crippen molar-refractivity contribution in [3.05, 3.63) is 194 Å². The van der Waals surface area contributed by atoms with Crippen molar-refractivity contribution in [1.82, 2.24) is 19.1 Å². The molecular formula is C54H32N4S. The molecule has 0 aliphatic carbocycles. The van der Waals surface area contributed by atoms with Crippen molar-refractivity contribution >= 4 is 96.8 Å². The van der Waals surface area contributed by atoms with Crippen LogP contribution in [0.3, 0.4) is 0 Å². The average molecular weight is 769 g/mol. The Balaban J connectivity index is 1.14. The molecule has 13 rings (SSSR count). The first-order chi connectivity index (χ1) is 29.3. The lowest BCUT2D eigenvalue weighted by Crippen LogP contribution is -1.97. The first-order valence-electron chi connectivity index (χ1n) is 20.0. The van der Waals surface area contributed by atoms with Gasteiger partial charge in [-0.1, -0.05) is 133 Å². The Kier molecular flexibility index (Phi) is 6.85. The van der Waals surface area contributed by atoms with Gasteiger partial charge in [0.05, 0.1) is 38.0 Å². The monoisotopic (exact) mass is 768 g/mol. The van der Waals surface area contributed by atoms with Crippen LogP contribution in [0.25, 0.3) is 119 Å². The molecule has 5 heteroatoms. The van der Waals surface area contributed by atoms with Crippen molar-refractivity contribution < 1.29 is 0 Å². The van der Waals surface area contributed by atoms with E-state index in [-0.39, 0.29) is 0 Å². The maximum absolute atomic E-state index is 5.46. The van der Waals surface area contributed by atoms with Gasteiger partial charge in [-0.05, 0) is 82.2 Å². The zero-order valence-corrected chi connectivity index (χ0v) is 32.5. The summed E-state index contributed by atoms with van der Waals surface area (Å²) in [5.41, 5.74) is 10.9. The highest BCUT2D eigenvalue weighted by molar-refractivity contribution is 7.26. The minimum Gasteiger partial charge on any atom is -0.309 e. The van der Waals surface area contributed by atoms with Crippen LogP contribution in [0, 0.1) is 0 Å². The minimum atomic E-state index is 0.723. The number of thiophene rings is 1. The molecule has 0 atom stereocenters. The topological polar surface area (TPSA) is 35.6 Å². The van der Waals surface area contributed by atoms with E-state index in [9.17, 15) is 0 Å². The third kappa shape index (κ3) is 4.77. The van der Waals surface area contributed by atoms with Crippen LogP contribution in [0.4, 0.5) is 0 Å². The SMILES string of the molecule is c1ccc(-c2nc(-c3cc4c(c5ccccc35)c3cc(-n5c6ccccc6c6cc7ccccc7cc65)ccc3n4-c3ccccc3)nc3c2sc2ccccc23)cc1. The average Bonchev–Trinajstić information content (AvgIpc) is 3.95. The maximum atomic E-state index is 5.46. The van der Waals surface area contributed by atoms with Crippen LogP contribution < -0.4 is 0 Å². The number of nitrogens with zero attached hydrogens (tertiary/aromatic N) is 4. The maximum Gasteiger partial charge on any atom is 0.161 e. The highest BCUT2D eigenvalue weighted by Gasteiger charge is 2.23. The second-order valence-corrected chi connectivity index (χ2v) is 16.4. The summed E-state index contributed by atoms with van der Waals surface area (Å²) in [7, 11) is 0. The molecule has 0 aliphatic rings. The normalized spacial score (nSPS) is 12.1. The molecule has 0 unspecified atom stereocenters. The predicted molar refractivity (Wildman–Crippen MR) is 249 cm³/mol. The second-order valence-electron chi connectivity index (χ2n) is 15.3. The zero-order chi connectivity index (χ0) is 38.6. The first-order valence-corrected chi connectivity index (χ1v) is 20.8. The molecule has 4 nitrogen and oxygen atoms in total. The highest BCUT2D eigenvalue weighted by atomic mass is 32.1. The molecule has 0 saturated heterocycles. The summed E-state index contributed by atoms with van der Waals surface area (Å²) in [6.07, 6.45) is 0. The van der Waals surface area contributed by atoms with Gasteiger partial charge in [0.25, 0.3) is 0 Å². The second kappa shape index (κ2) is 12.4. The van der Waals surface area contributed by atoms with E-state index in [1.54, 1.807) is 11.3 Å². The van der Waals surface area contributed by atoms with Crippen molar-refractivity contribution in [2.75, 3.05) is 0 Å². The van der Waals surface area contributed by atoms with Crippen molar-refractivity contribution in [3.63, 3.8) is 0 Å². The van der Waals surface area contributed by atoms with Crippen LogP contribution in [-0.4, -0.2) is 19.1 Å². The Labute approximate surface area is 342 Å². The van der Waals surface area contributed by atoms with Crippen molar-refractivity contribution in [2.24, 2.45) is 0 Å². The molecule has 13 aromatic rings. The van der Waals surface area contributed by atoms with E-state index in [1.165, 1.54) is 53.4 Å². The quantitative estimate of drug-likeness (QED) is 0.179. The largest absolute Gasteiger partial charge is 0.309 e. The molecule has 4 heterocycles. The third-order valence-corrected chi connectivity index (χ3v) is 13.2. The summed E-state index contributed by atoms with van der Waals surface area (Å²) in [6.45, 7) is 0. The van der Waals surface area contributed by atoms with Crippen molar-refractivity contribution in [3.8, 4) is 34.0 Å². The standard InChI is InChI=1S/C54H32N4S/c1-3-15-33(16-4-1)51-53-52(41-24-12-14-26-49(41)59-53)56-54(55-51)43-32-48-50(40-23-10-9-21-38(40)43)44-31-37(27-28-46(44)57(48)36-19-5-2-6-20-36)58-45-25-13-11-22-39(45)42-29-34-17-7-8-18-35(34)30-47(42)58/h1-32H. The molecule has 0 saturated carbocycles. The zero-order valence-electron chi connectivity index (χ0n) is 31.7. The van der Waals surface area contributed by atoms with Gasteiger partial charge in [-0.2, -0.15) is 0 Å². The third-order valence-electron chi connectivity index (χ3n) is 12.1. The van der Waals surface area contributed by atoms with Gasteiger partial charge < -0.3 is 9.13 Å². The minimum absolute atomic E-state index is 0.723. The number of fused-ring (bicyclic) bond motifs is 12. The molecule has 0 spiro atoms. The molecule has 274 valence electrons. The molecule has 0 aliphatic heterocycles. The van der Waals surface area contributed by atoms with Crippen LogP contribution >= 0.6 is 11.3 Å². The number of hydrogen-bond donors (Lipinski definition) is 0. The van der Waals surface area contributed by atoms with E-state index >= 15 is 0 Å². The van der Waals surface area contributed by atoms with E-state index in [1.807, 2.05) is 0 Å². The van der Waals surface area contributed by atoms with Gasteiger partial charge in [-0.25, -0.2) is 9.97 Å². The van der Waals surface area contributed by atoms with Gasteiger partial charge in [-0.3, -0.25) is 0 Å². The predicted octanol–water partition coefficient (Wildman–Crippen LogP) is 14.7. The van der Waals surface area contributed by atoms with E-state index < -0.39 is 0 Å². The lowest BCUT2D eigenvalue weighted by atomic mass is 9.98. The molecule has 0 N–H and O–H groups in total. The molecular weight excluding hydrogens is 737 g/mol. The van der Waals surface area contributed by atoms with Gasteiger partial charge in [-0.15, -0.1) is 11.3 Å². The Morgan fingerprint density at radius 2 is 1.03 bits per heavy atom. The Morgan fingerprint density at radius 3 is 1.86 bits per heavy atom. The molecule has 9 aromatic carbocycles. The lowest BCUT2D eigenvalue weighted by Gasteiger charge is -2.12. The van der Waals surface area contributed by atoms with Gasteiger partial charge >= 0.3 is 0 Å². The van der Waals surface area contributed by atoms with E-state index in [4.69, 9.17) is 9.97 Å². The van der Waals surface area contributed by atoms with Gasteiger partial charge in [0, 0.05) is 54.1 Å². The Bertz CT molecular complexity index is 3840. The van der Waals surface area contributed by atoms with Crippen LogP contribution in [0.2, 0.25) is 0 Å². The number of aromatic nitrogens is 4. The summed E-state index contributed by atoms with van der Waals surface area (Å²) in [4.78, 5) is 10.9. The summed E-state index contributed by atoms with van der Waals surface area (Å²) < 4.78 is 7.18. The first kappa shape index (κ1) is 32.5. The van der Waals surface area contributed by atoms with Gasteiger partial charge in [0.15, 0.2) is 5.82 Å². The van der Waals surface area contributed by atoms with Crippen molar-refractivity contribution in [2.45, 2.75) is 0 Å².